The molecule has 0 aliphatic heterocycles. The molecule has 0 aliphatic rings. The fourth-order valence-corrected chi connectivity index (χ4v) is 3.85. The summed E-state index contributed by atoms with van der Waals surface area (Å²) in [5.74, 6) is -0.431. The van der Waals surface area contributed by atoms with Crippen molar-refractivity contribution in [2.24, 2.45) is 0 Å². The Morgan fingerprint density at radius 3 is 2.57 bits per heavy atom. The topological polar surface area (TPSA) is 44.1 Å². The minimum atomic E-state index is -0.431. The van der Waals surface area contributed by atoms with E-state index in [-0.39, 0.29) is 0 Å². The molecule has 0 amide bonds. The van der Waals surface area contributed by atoms with Gasteiger partial charge < -0.3 is 14.1 Å². The summed E-state index contributed by atoms with van der Waals surface area (Å²) in [6.07, 6.45) is 2.74. The molecule has 0 fully saturated rings. The van der Waals surface area contributed by atoms with Gasteiger partial charge in [-0.2, -0.15) is 0 Å². The summed E-state index contributed by atoms with van der Waals surface area (Å²) in [6, 6.07) is 21.2. The number of carbonyl (C=O) groups excluding carboxylic acids is 1. The van der Waals surface area contributed by atoms with Crippen molar-refractivity contribution in [3.05, 3.63) is 89.1 Å². The number of methoxy groups -OCH3 is 1. The third-order valence-corrected chi connectivity index (χ3v) is 5.07. The van der Waals surface area contributed by atoms with Crippen molar-refractivity contribution in [2.75, 3.05) is 7.11 Å². The van der Waals surface area contributed by atoms with Crippen LogP contribution in [0.2, 0.25) is 5.02 Å². The Morgan fingerprint density at radius 1 is 1.11 bits per heavy atom. The molecule has 0 radical (unpaired) electrons. The molecule has 2 aromatic carbocycles. The van der Waals surface area contributed by atoms with E-state index in [0.717, 1.165) is 39.7 Å². The van der Waals surface area contributed by atoms with Crippen molar-refractivity contribution in [3.8, 4) is 11.4 Å². The van der Waals surface area contributed by atoms with Crippen molar-refractivity contribution >= 4 is 28.8 Å². The number of hydrogen-bond donors (Lipinski definition) is 0. The van der Waals surface area contributed by atoms with Gasteiger partial charge in [-0.1, -0.05) is 54.1 Å². The van der Waals surface area contributed by atoms with Crippen molar-refractivity contribution < 1.29 is 9.53 Å². The summed E-state index contributed by atoms with van der Waals surface area (Å²) < 4.78 is 7.50. The molecule has 140 valence electrons. The zero-order valence-corrected chi connectivity index (χ0v) is 16.1. The summed E-state index contributed by atoms with van der Waals surface area (Å²) in [5, 5.41) is 1.59. The number of halogens is 1. The summed E-state index contributed by atoms with van der Waals surface area (Å²) in [6.45, 7) is 0.323. The number of nitrogens with zero attached hydrogens (tertiary/aromatic N) is 2. The third kappa shape index (κ3) is 3.21. The summed E-state index contributed by atoms with van der Waals surface area (Å²) >= 11 is 6.29. The maximum absolute atomic E-state index is 12.3. The molecular formula is C23H19ClN2O2. The summed E-state index contributed by atoms with van der Waals surface area (Å²) in [7, 11) is 1.65. The van der Waals surface area contributed by atoms with Crippen molar-refractivity contribution in [1.29, 1.82) is 0 Å². The molecule has 1 unspecified atom stereocenters. The SMILES string of the molecule is COCn1c(-c2ccccn2)c(C(C=O)c2ccccc2)c2ccc(Cl)cc21. The first-order valence-electron chi connectivity index (χ1n) is 8.96. The molecule has 0 N–H and O–H groups in total. The standard InChI is InChI=1S/C23H19ClN2O2/c1-28-15-26-21-13-17(24)10-11-18(21)22(23(26)20-9-5-6-12-25-20)19(14-27)16-7-3-2-4-8-16/h2-14,19H,15H2,1H3. The molecule has 4 nitrogen and oxygen atoms in total. The quantitative estimate of drug-likeness (QED) is 0.420. The smallest absolute Gasteiger partial charge is 0.131 e. The predicted octanol–water partition coefficient (Wildman–Crippen LogP) is 5.29. The van der Waals surface area contributed by atoms with Crippen molar-refractivity contribution in [3.63, 3.8) is 0 Å². The predicted molar refractivity (Wildman–Crippen MR) is 112 cm³/mol. The lowest BCUT2D eigenvalue weighted by Crippen LogP contribution is -2.07. The van der Waals surface area contributed by atoms with Gasteiger partial charge in [0, 0.05) is 29.3 Å². The minimum Gasteiger partial charge on any atom is -0.364 e. The molecule has 2 aromatic heterocycles. The Bertz CT molecular complexity index is 1110. The number of hydrogen-bond acceptors (Lipinski definition) is 3. The third-order valence-electron chi connectivity index (χ3n) is 4.84. The Kier molecular flexibility index (Phi) is 5.24. The van der Waals surface area contributed by atoms with Crippen LogP contribution < -0.4 is 0 Å². The highest BCUT2D eigenvalue weighted by Crippen LogP contribution is 2.40. The highest BCUT2D eigenvalue weighted by atomic mass is 35.5. The first kappa shape index (κ1) is 18.4. The number of aromatic nitrogens is 2. The van der Waals surface area contributed by atoms with Gasteiger partial charge in [0.25, 0.3) is 0 Å². The van der Waals surface area contributed by atoms with E-state index in [9.17, 15) is 4.79 Å². The van der Waals surface area contributed by atoms with E-state index < -0.39 is 5.92 Å². The second-order valence-electron chi connectivity index (χ2n) is 6.51. The molecule has 4 rings (SSSR count). The van der Waals surface area contributed by atoms with Crippen LogP contribution in [0.25, 0.3) is 22.3 Å². The van der Waals surface area contributed by atoms with Crippen molar-refractivity contribution in [1.82, 2.24) is 9.55 Å². The molecule has 0 bridgehead atoms. The van der Waals surface area contributed by atoms with Crippen LogP contribution in [-0.4, -0.2) is 22.9 Å². The molecule has 1 atom stereocenters. The largest absolute Gasteiger partial charge is 0.364 e. The number of rotatable bonds is 6. The van der Waals surface area contributed by atoms with E-state index in [2.05, 4.69) is 4.98 Å². The molecule has 4 aromatic rings. The average Bonchev–Trinajstić information content (AvgIpc) is 3.04. The van der Waals surface area contributed by atoms with Crippen LogP contribution in [0.4, 0.5) is 0 Å². The first-order valence-corrected chi connectivity index (χ1v) is 9.34. The number of ether oxygens (including phenoxy) is 1. The van der Waals surface area contributed by atoms with Crippen LogP contribution >= 0.6 is 11.6 Å². The number of benzene rings is 2. The van der Waals surface area contributed by atoms with Crippen LogP contribution in [0.15, 0.2) is 72.9 Å². The second kappa shape index (κ2) is 7.97. The van der Waals surface area contributed by atoms with Crippen LogP contribution in [-0.2, 0) is 16.3 Å². The van der Waals surface area contributed by atoms with Gasteiger partial charge in [-0.3, -0.25) is 4.98 Å². The molecule has 0 saturated heterocycles. The number of aldehydes is 1. The normalized spacial score (nSPS) is 12.2. The van der Waals surface area contributed by atoms with Gasteiger partial charge in [0.2, 0.25) is 0 Å². The summed E-state index contributed by atoms with van der Waals surface area (Å²) in [5.41, 5.74) is 4.39. The van der Waals surface area contributed by atoms with Gasteiger partial charge in [-0.05, 0) is 29.8 Å². The first-order chi connectivity index (χ1) is 13.7. The van der Waals surface area contributed by atoms with E-state index in [1.165, 1.54) is 0 Å². The van der Waals surface area contributed by atoms with Crippen LogP contribution in [0.3, 0.4) is 0 Å². The van der Waals surface area contributed by atoms with E-state index in [4.69, 9.17) is 16.3 Å². The van der Waals surface area contributed by atoms with Crippen LogP contribution in [0.5, 0.6) is 0 Å². The average molecular weight is 391 g/mol. The van der Waals surface area contributed by atoms with Gasteiger partial charge in [-0.15, -0.1) is 0 Å². The summed E-state index contributed by atoms with van der Waals surface area (Å²) in [4.78, 5) is 16.8. The van der Waals surface area contributed by atoms with Gasteiger partial charge in [0.1, 0.15) is 13.0 Å². The zero-order chi connectivity index (χ0) is 19.5. The second-order valence-corrected chi connectivity index (χ2v) is 6.95. The fraction of sp³-hybridized carbons (Fsp3) is 0.130. The molecule has 5 heteroatoms. The number of carbonyl (C=O) groups is 1. The fourth-order valence-electron chi connectivity index (χ4n) is 3.68. The zero-order valence-electron chi connectivity index (χ0n) is 15.4. The number of fused-ring (bicyclic) bond motifs is 1. The minimum absolute atomic E-state index is 0.323. The van der Waals surface area contributed by atoms with Gasteiger partial charge >= 0.3 is 0 Å². The molecule has 0 spiro atoms. The lowest BCUT2D eigenvalue weighted by Gasteiger charge is -2.15. The number of pyridine rings is 1. The van der Waals surface area contributed by atoms with E-state index in [1.807, 2.05) is 71.3 Å². The molecular weight excluding hydrogens is 372 g/mol. The molecule has 28 heavy (non-hydrogen) atoms. The molecule has 0 saturated carbocycles. The van der Waals surface area contributed by atoms with Gasteiger partial charge in [0.15, 0.2) is 0 Å². The lowest BCUT2D eigenvalue weighted by molar-refractivity contribution is -0.108. The Labute approximate surface area is 168 Å². The van der Waals surface area contributed by atoms with Gasteiger partial charge in [0.05, 0.1) is 22.8 Å². The van der Waals surface area contributed by atoms with Crippen molar-refractivity contribution in [2.45, 2.75) is 12.6 Å². The monoisotopic (exact) mass is 390 g/mol. The maximum Gasteiger partial charge on any atom is 0.131 e. The van der Waals surface area contributed by atoms with E-state index in [0.29, 0.717) is 11.8 Å². The highest BCUT2D eigenvalue weighted by Gasteiger charge is 2.26. The van der Waals surface area contributed by atoms with E-state index >= 15 is 0 Å². The van der Waals surface area contributed by atoms with E-state index in [1.54, 1.807) is 13.3 Å². The Hall–Kier alpha value is -2.95. The lowest BCUT2D eigenvalue weighted by atomic mass is 9.89. The van der Waals surface area contributed by atoms with Crippen LogP contribution in [0.1, 0.15) is 17.0 Å². The Morgan fingerprint density at radius 2 is 1.89 bits per heavy atom. The molecule has 0 aliphatic carbocycles. The maximum atomic E-state index is 12.3. The van der Waals surface area contributed by atoms with Gasteiger partial charge in [-0.25, -0.2) is 0 Å². The Balaban J connectivity index is 2.10. The highest BCUT2D eigenvalue weighted by molar-refractivity contribution is 6.31. The molecule has 2 heterocycles. The van der Waals surface area contributed by atoms with Crippen LogP contribution in [0, 0.1) is 0 Å².